The highest BCUT2D eigenvalue weighted by Gasteiger charge is 2.03. The molecule has 4 heteroatoms. The molecule has 90 valence electrons. The van der Waals surface area contributed by atoms with E-state index in [1.54, 1.807) is 12.3 Å². The molecule has 0 fully saturated rings. The van der Waals surface area contributed by atoms with Gasteiger partial charge in [0, 0.05) is 11.9 Å². The van der Waals surface area contributed by atoms with Gasteiger partial charge >= 0.3 is 0 Å². The Hall–Kier alpha value is -2.54. The molecule has 0 saturated heterocycles. The number of hydrogen-bond acceptors (Lipinski definition) is 4. The van der Waals surface area contributed by atoms with Crippen molar-refractivity contribution in [3.8, 4) is 11.8 Å². The molecule has 0 spiro atoms. The molecule has 0 bridgehead atoms. The first-order valence-corrected chi connectivity index (χ1v) is 5.68. The van der Waals surface area contributed by atoms with E-state index in [1.165, 1.54) is 0 Å². The molecule has 1 heterocycles. The molecule has 0 saturated carbocycles. The summed E-state index contributed by atoms with van der Waals surface area (Å²) in [5, 5.41) is 12.0. The van der Waals surface area contributed by atoms with Crippen molar-refractivity contribution in [3.63, 3.8) is 0 Å². The van der Waals surface area contributed by atoms with Crippen molar-refractivity contribution < 1.29 is 4.74 Å². The summed E-state index contributed by atoms with van der Waals surface area (Å²) in [6, 6.07) is 13.2. The molecule has 0 aliphatic rings. The lowest BCUT2D eigenvalue weighted by Crippen LogP contribution is -1.98. The summed E-state index contributed by atoms with van der Waals surface area (Å²) in [4.78, 5) is 3.93. The highest BCUT2D eigenvalue weighted by Crippen LogP contribution is 2.27. The number of benzene rings is 1. The van der Waals surface area contributed by atoms with Gasteiger partial charge in [-0.2, -0.15) is 5.26 Å². The van der Waals surface area contributed by atoms with E-state index in [1.807, 2.05) is 43.3 Å². The Morgan fingerprint density at radius 3 is 2.94 bits per heavy atom. The number of pyridine rings is 1. The Bertz CT molecular complexity index is 575. The molecule has 1 N–H and O–H groups in total. The molecule has 18 heavy (non-hydrogen) atoms. The van der Waals surface area contributed by atoms with Gasteiger partial charge in [0.15, 0.2) is 0 Å². The third-order valence-corrected chi connectivity index (χ3v) is 2.34. The highest BCUT2D eigenvalue weighted by atomic mass is 16.5. The van der Waals surface area contributed by atoms with E-state index in [0.717, 1.165) is 17.1 Å². The second kappa shape index (κ2) is 5.69. The fourth-order valence-corrected chi connectivity index (χ4v) is 1.58. The lowest BCUT2D eigenvalue weighted by Gasteiger charge is -2.11. The number of nitrogens with one attached hydrogen (secondary N) is 1. The van der Waals surface area contributed by atoms with Crippen LogP contribution in [0.1, 0.15) is 12.6 Å². The molecule has 2 rings (SSSR count). The maximum absolute atomic E-state index is 8.80. The van der Waals surface area contributed by atoms with Crippen LogP contribution in [0, 0.1) is 11.3 Å². The van der Waals surface area contributed by atoms with E-state index in [9.17, 15) is 0 Å². The van der Waals surface area contributed by atoms with Gasteiger partial charge in [0.05, 0.1) is 12.3 Å². The molecular formula is C14H13N3O. The third kappa shape index (κ3) is 2.77. The standard InChI is InChI=1S/C14H13N3O/c1-2-18-14-6-4-3-5-13(14)17-11-7-8-16-12(9-11)10-15/h3-9H,2H2,1H3,(H,16,17). The number of aromatic nitrogens is 1. The van der Waals surface area contributed by atoms with Crippen molar-refractivity contribution in [2.24, 2.45) is 0 Å². The second-order valence-electron chi connectivity index (χ2n) is 3.60. The summed E-state index contributed by atoms with van der Waals surface area (Å²) in [6.07, 6.45) is 1.60. The van der Waals surface area contributed by atoms with Crippen LogP contribution in [0.25, 0.3) is 0 Å². The van der Waals surface area contributed by atoms with Crippen molar-refractivity contribution in [1.29, 1.82) is 5.26 Å². The minimum atomic E-state index is 0.383. The zero-order valence-electron chi connectivity index (χ0n) is 10.1. The molecule has 4 nitrogen and oxygen atoms in total. The van der Waals surface area contributed by atoms with Crippen molar-refractivity contribution in [2.45, 2.75) is 6.92 Å². The van der Waals surface area contributed by atoms with Gasteiger partial charge in [-0.15, -0.1) is 0 Å². The minimum Gasteiger partial charge on any atom is -0.492 e. The van der Waals surface area contributed by atoms with Gasteiger partial charge in [0.1, 0.15) is 17.5 Å². The summed E-state index contributed by atoms with van der Waals surface area (Å²) in [7, 11) is 0. The van der Waals surface area contributed by atoms with Crippen molar-refractivity contribution in [3.05, 3.63) is 48.3 Å². The Morgan fingerprint density at radius 1 is 1.33 bits per heavy atom. The quantitative estimate of drug-likeness (QED) is 0.890. The molecule has 0 radical (unpaired) electrons. The van der Waals surface area contributed by atoms with Crippen LogP contribution in [0.3, 0.4) is 0 Å². The summed E-state index contributed by atoms with van der Waals surface area (Å²) < 4.78 is 5.52. The van der Waals surface area contributed by atoms with Gasteiger partial charge in [-0.1, -0.05) is 12.1 Å². The molecule has 0 unspecified atom stereocenters. The first-order chi connectivity index (χ1) is 8.83. The number of nitrogens with zero attached hydrogens (tertiary/aromatic N) is 2. The second-order valence-corrected chi connectivity index (χ2v) is 3.60. The van der Waals surface area contributed by atoms with Gasteiger partial charge in [-0.3, -0.25) is 0 Å². The van der Waals surface area contributed by atoms with Gasteiger partial charge in [0.2, 0.25) is 0 Å². The summed E-state index contributed by atoms with van der Waals surface area (Å²) in [5.41, 5.74) is 2.07. The van der Waals surface area contributed by atoms with E-state index in [2.05, 4.69) is 10.3 Å². The van der Waals surface area contributed by atoms with Crippen molar-refractivity contribution >= 4 is 11.4 Å². The van der Waals surface area contributed by atoms with Crippen LogP contribution in [0.15, 0.2) is 42.6 Å². The molecule has 0 amide bonds. The zero-order valence-corrected chi connectivity index (χ0v) is 10.1. The normalized spacial score (nSPS) is 9.56. The topological polar surface area (TPSA) is 57.9 Å². The molecule has 0 atom stereocenters. The van der Waals surface area contributed by atoms with Crippen molar-refractivity contribution in [1.82, 2.24) is 4.98 Å². The van der Waals surface area contributed by atoms with Crippen LogP contribution in [0.2, 0.25) is 0 Å². The number of anilines is 2. The fourth-order valence-electron chi connectivity index (χ4n) is 1.58. The molecule has 0 aliphatic carbocycles. The molecular weight excluding hydrogens is 226 g/mol. The van der Waals surface area contributed by atoms with Crippen molar-refractivity contribution in [2.75, 3.05) is 11.9 Å². The van der Waals surface area contributed by atoms with Crippen LogP contribution < -0.4 is 10.1 Å². The monoisotopic (exact) mass is 239 g/mol. The maximum Gasteiger partial charge on any atom is 0.142 e. The minimum absolute atomic E-state index is 0.383. The Kier molecular flexibility index (Phi) is 3.77. The number of para-hydroxylation sites is 2. The first kappa shape index (κ1) is 11.9. The number of hydrogen-bond donors (Lipinski definition) is 1. The smallest absolute Gasteiger partial charge is 0.142 e. The van der Waals surface area contributed by atoms with Crippen LogP contribution in [0.5, 0.6) is 5.75 Å². The average Bonchev–Trinajstić information content (AvgIpc) is 2.41. The van der Waals surface area contributed by atoms with E-state index < -0.39 is 0 Å². The van der Waals surface area contributed by atoms with Gasteiger partial charge in [0.25, 0.3) is 0 Å². The van der Waals surface area contributed by atoms with E-state index in [-0.39, 0.29) is 0 Å². The van der Waals surface area contributed by atoms with Gasteiger partial charge in [-0.25, -0.2) is 4.98 Å². The van der Waals surface area contributed by atoms with Gasteiger partial charge < -0.3 is 10.1 Å². The summed E-state index contributed by atoms with van der Waals surface area (Å²) in [6.45, 7) is 2.55. The van der Waals surface area contributed by atoms with Gasteiger partial charge in [-0.05, 0) is 31.2 Å². The van der Waals surface area contributed by atoms with E-state index in [4.69, 9.17) is 10.00 Å². The van der Waals surface area contributed by atoms with Crippen LogP contribution in [-0.4, -0.2) is 11.6 Å². The number of nitriles is 1. The lowest BCUT2D eigenvalue weighted by molar-refractivity contribution is 0.342. The highest BCUT2D eigenvalue weighted by molar-refractivity contribution is 5.66. The largest absolute Gasteiger partial charge is 0.492 e. The Labute approximate surface area is 106 Å². The average molecular weight is 239 g/mol. The lowest BCUT2D eigenvalue weighted by atomic mass is 10.2. The fraction of sp³-hybridized carbons (Fsp3) is 0.143. The molecule has 0 aliphatic heterocycles. The SMILES string of the molecule is CCOc1ccccc1Nc1ccnc(C#N)c1. The first-order valence-electron chi connectivity index (χ1n) is 5.68. The van der Waals surface area contributed by atoms with Crippen LogP contribution in [0.4, 0.5) is 11.4 Å². The predicted molar refractivity (Wildman–Crippen MR) is 69.8 cm³/mol. The summed E-state index contributed by atoms with van der Waals surface area (Å²) in [5.74, 6) is 0.787. The van der Waals surface area contributed by atoms with Crippen LogP contribution in [-0.2, 0) is 0 Å². The maximum atomic E-state index is 8.80. The summed E-state index contributed by atoms with van der Waals surface area (Å²) >= 11 is 0. The molecule has 1 aromatic heterocycles. The number of ether oxygens (including phenoxy) is 1. The predicted octanol–water partition coefficient (Wildman–Crippen LogP) is 3.10. The van der Waals surface area contributed by atoms with E-state index >= 15 is 0 Å². The molecule has 1 aromatic carbocycles. The van der Waals surface area contributed by atoms with Crippen LogP contribution >= 0.6 is 0 Å². The number of rotatable bonds is 4. The third-order valence-electron chi connectivity index (χ3n) is 2.34. The Balaban J connectivity index is 2.25. The Morgan fingerprint density at radius 2 is 2.17 bits per heavy atom. The molecule has 2 aromatic rings. The zero-order chi connectivity index (χ0) is 12.8. The van der Waals surface area contributed by atoms with E-state index in [0.29, 0.717) is 12.3 Å².